The fourth-order valence-electron chi connectivity index (χ4n) is 3.19. The van der Waals surface area contributed by atoms with Gasteiger partial charge in [-0.2, -0.15) is 5.26 Å². The highest BCUT2D eigenvalue weighted by molar-refractivity contribution is 5.99. The van der Waals surface area contributed by atoms with Crippen LogP contribution in [-0.2, 0) is 16.6 Å². The average molecular weight is 297 g/mol. The van der Waals surface area contributed by atoms with Gasteiger partial charge in [0.1, 0.15) is 11.7 Å². The number of hydrogen-bond acceptors (Lipinski definition) is 4. The summed E-state index contributed by atoms with van der Waals surface area (Å²) in [6, 6.07) is 5.95. The van der Waals surface area contributed by atoms with Crippen molar-refractivity contribution >= 4 is 11.5 Å². The highest BCUT2D eigenvalue weighted by Crippen LogP contribution is 2.45. The maximum Gasteiger partial charge on any atom is 0.170 e. The minimum absolute atomic E-state index is 0.0355. The van der Waals surface area contributed by atoms with E-state index < -0.39 is 5.92 Å². The minimum atomic E-state index is -0.725. The number of nitrogens with zero attached hydrogens (tertiary/aromatic N) is 2. The fraction of sp³-hybridized carbons (Fsp3) is 0.412. The van der Waals surface area contributed by atoms with Crippen molar-refractivity contribution in [2.75, 3.05) is 0 Å². The Labute approximate surface area is 129 Å². The number of Topliss-reactive ketones (excluding diaryl/α,β-unsaturated/α-hetero) is 1. The number of hydrogen-bond donors (Lipinski definition) is 1. The number of nitrogens with two attached hydrogens (primary N) is 1. The molecule has 0 aromatic carbocycles. The third-order valence-corrected chi connectivity index (χ3v) is 4.27. The Balaban J connectivity index is 2.12. The second-order valence-corrected chi connectivity index (χ2v) is 6.73. The SMILES string of the molecule is Cn1cccc1C1=C(N)C(C#N)C2=C(CC(C)(C)CC2=O)O1. The van der Waals surface area contributed by atoms with Crippen molar-refractivity contribution in [3.63, 3.8) is 0 Å². The van der Waals surface area contributed by atoms with Crippen LogP contribution >= 0.6 is 0 Å². The van der Waals surface area contributed by atoms with Gasteiger partial charge in [-0.15, -0.1) is 0 Å². The van der Waals surface area contributed by atoms with Gasteiger partial charge in [-0.1, -0.05) is 13.8 Å². The van der Waals surface area contributed by atoms with Crippen LogP contribution in [-0.4, -0.2) is 10.4 Å². The Morgan fingerprint density at radius 3 is 2.77 bits per heavy atom. The van der Waals surface area contributed by atoms with Gasteiger partial charge in [0, 0.05) is 26.1 Å². The maximum absolute atomic E-state index is 12.4. The van der Waals surface area contributed by atoms with Crippen LogP contribution in [0, 0.1) is 22.7 Å². The van der Waals surface area contributed by atoms with E-state index in [1.165, 1.54) is 0 Å². The summed E-state index contributed by atoms with van der Waals surface area (Å²) < 4.78 is 7.89. The van der Waals surface area contributed by atoms with Crippen molar-refractivity contribution in [1.82, 2.24) is 4.57 Å². The lowest BCUT2D eigenvalue weighted by molar-refractivity contribution is -0.119. The summed E-state index contributed by atoms with van der Waals surface area (Å²) in [7, 11) is 1.89. The molecule has 2 N–H and O–H groups in total. The van der Waals surface area contributed by atoms with Crippen molar-refractivity contribution in [1.29, 1.82) is 5.26 Å². The van der Waals surface area contributed by atoms with Gasteiger partial charge in [0.25, 0.3) is 0 Å². The normalized spacial score (nSPS) is 23.9. The maximum atomic E-state index is 12.4. The summed E-state index contributed by atoms with van der Waals surface area (Å²) in [5.74, 6) is 0.324. The second-order valence-electron chi connectivity index (χ2n) is 6.73. The number of aromatic nitrogens is 1. The second kappa shape index (κ2) is 4.77. The lowest BCUT2D eigenvalue weighted by Crippen LogP contribution is -2.34. The van der Waals surface area contributed by atoms with Crippen molar-refractivity contribution in [3.8, 4) is 6.07 Å². The highest BCUT2D eigenvalue weighted by atomic mass is 16.5. The van der Waals surface area contributed by atoms with Gasteiger partial charge >= 0.3 is 0 Å². The molecule has 1 unspecified atom stereocenters. The monoisotopic (exact) mass is 297 g/mol. The molecule has 2 heterocycles. The molecule has 3 rings (SSSR count). The number of carbonyl (C=O) groups excluding carboxylic acids is 1. The molecule has 5 nitrogen and oxygen atoms in total. The molecule has 0 bridgehead atoms. The number of ketones is 1. The van der Waals surface area contributed by atoms with Crippen LogP contribution in [0.25, 0.3) is 5.76 Å². The van der Waals surface area contributed by atoms with Crippen molar-refractivity contribution < 1.29 is 9.53 Å². The molecule has 1 aromatic rings. The molecule has 5 heteroatoms. The molecule has 1 aliphatic heterocycles. The molecule has 0 fully saturated rings. The smallest absolute Gasteiger partial charge is 0.170 e. The van der Waals surface area contributed by atoms with E-state index in [0.717, 1.165) is 5.69 Å². The molecule has 22 heavy (non-hydrogen) atoms. The Morgan fingerprint density at radius 2 is 2.18 bits per heavy atom. The third kappa shape index (κ3) is 2.12. The standard InChI is InChI=1S/C17H19N3O2/c1-17(2)7-12(21)14-10(9-18)15(19)16(22-13(14)8-17)11-5-4-6-20(11)3/h4-6,10H,7-8,19H2,1-3H3. The summed E-state index contributed by atoms with van der Waals surface area (Å²) >= 11 is 0. The van der Waals surface area contributed by atoms with E-state index in [4.69, 9.17) is 10.5 Å². The quantitative estimate of drug-likeness (QED) is 0.863. The Kier molecular flexibility index (Phi) is 3.13. The van der Waals surface area contributed by atoms with Crippen LogP contribution in [0.2, 0.25) is 0 Å². The zero-order chi connectivity index (χ0) is 16.1. The summed E-state index contributed by atoms with van der Waals surface area (Å²) in [5.41, 5.74) is 7.56. The minimum Gasteiger partial charge on any atom is -0.457 e. The summed E-state index contributed by atoms with van der Waals surface area (Å²) in [6.45, 7) is 4.06. The molecular weight excluding hydrogens is 278 g/mol. The molecule has 1 aromatic heterocycles. The Morgan fingerprint density at radius 1 is 1.45 bits per heavy atom. The molecule has 0 amide bonds. The van der Waals surface area contributed by atoms with E-state index in [0.29, 0.717) is 35.6 Å². The van der Waals surface area contributed by atoms with Crippen molar-refractivity contribution in [2.45, 2.75) is 26.7 Å². The molecule has 2 aliphatic rings. The molecule has 1 aliphatic carbocycles. The first-order valence-electron chi connectivity index (χ1n) is 7.29. The third-order valence-electron chi connectivity index (χ3n) is 4.27. The van der Waals surface area contributed by atoms with E-state index in [9.17, 15) is 10.1 Å². The van der Waals surface area contributed by atoms with Crippen LogP contribution < -0.4 is 5.73 Å². The van der Waals surface area contributed by atoms with Gasteiger partial charge < -0.3 is 15.0 Å². The largest absolute Gasteiger partial charge is 0.457 e. The number of carbonyl (C=O) groups is 1. The van der Waals surface area contributed by atoms with Gasteiger partial charge in [0.05, 0.1) is 23.0 Å². The highest BCUT2D eigenvalue weighted by Gasteiger charge is 2.42. The molecule has 0 spiro atoms. The predicted octanol–water partition coefficient (Wildman–Crippen LogP) is 2.47. The lowest BCUT2D eigenvalue weighted by Gasteiger charge is -2.36. The molecule has 0 radical (unpaired) electrons. The van der Waals surface area contributed by atoms with Crippen molar-refractivity contribution in [2.24, 2.45) is 24.1 Å². The predicted molar refractivity (Wildman–Crippen MR) is 81.8 cm³/mol. The van der Waals surface area contributed by atoms with E-state index in [1.54, 1.807) is 0 Å². The van der Waals surface area contributed by atoms with Crippen LogP contribution in [0.15, 0.2) is 35.4 Å². The van der Waals surface area contributed by atoms with E-state index >= 15 is 0 Å². The first-order valence-corrected chi connectivity index (χ1v) is 7.29. The lowest BCUT2D eigenvalue weighted by atomic mass is 9.72. The van der Waals surface area contributed by atoms with E-state index in [1.807, 2.05) is 43.8 Å². The summed E-state index contributed by atoms with van der Waals surface area (Å²) in [4.78, 5) is 12.4. The van der Waals surface area contributed by atoms with Crippen molar-refractivity contribution in [3.05, 3.63) is 41.1 Å². The first kappa shape index (κ1) is 14.5. The Hall–Kier alpha value is -2.48. The number of ether oxygens (including phenoxy) is 1. The zero-order valence-corrected chi connectivity index (χ0v) is 13.0. The first-order chi connectivity index (χ1) is 10.3. The van der Waals surface area contributed by atoms with Gasteiger partial charge in [0.15, 0.2) is 11.5 Å². The molecule has 0 saturated heterocycles. The fourth-order valence-corrected chi connectivity index (χ4v) is 3.19. The van der Waals surface area contributed by atoms with Gasteiger partial charge in [-0.05, 0) is 17.5 Å². The van der Waals surface area contributed by atoms with E-state index in [2.05, 4.69) is 6.07 Å². The molecule has 1 atom stereocenters. The molecule has 114 valence electrons. The topological polar surface area (TPSA) is 81.0 Å². The van der Waals surface area contributed by atoms with Gasteiger partial charge in [-0.25, -0.2) is 0 Å². The average Bonchev–Trinajstić information content (AvgIpc) is 2.84. The number of rotatable bonds is 1. The Bertz CT molecular complexity index is 759. The number of nitriles is 1. The van der Waals surface area contributed by atoms with Crippen LogP contribution in [0.4, 0.5) is 0 Å². The van der Waals surface area contributed by atoms with Crippen LogP contribution in [0.5, 0.6) is 0 Å². The molecule has 0 saturated carbocycles. The zero-order valence-electron chi connectivity index (χ0n) is 13.0. The molecular formula is C17H19N3O2. The van der Waals surface area contributed by atoms with Gasteiger partial charge in [0.2, 0.25) is 0 Å². The number of aryl methyl sites for hydroxylation is 1. The number of allylic oxidation sites excluding steroid dienone is 2. The van der Waals surface area contributed by atoms with Crippen LogP contribution in [0.1, 0.15) is 32.4 Å². The summed E-state index contributed by atoms with van der Waals surface area (Å²) in [6.07, 6.45) is 2.94. The van der Waals surface area contributed by atoms with Crippen LogP contribution in [0.3, 0.4) is 0 Å². The van der Waals surface area contributed by atoms with Gasteiger partial charge in [-0.3, -0.25) is 4.79 Å². The summed E-state index contributed by atoms with van der Waals surface area (Å²) in [5, 5.41) is 9.52. The van der Waals surface area contributed by atoms with E-state index in [-0.39, 0.29) is 11.2 Å².